The molecular formula is C55H53IrN5-4. The molecule has 1 aromatic heterocycles. The molecule has 2 aliphatic rings. The van der Waals surface area contributed by atoms with Gasteiger partial charge in [0.25, 0.3) is 0 Å². The summed E-state index contributed by atoms with van der Waals surface area (Å²) in [5, 5.41) is 2.35. The topological polar surface area (TPSA) is 25.9 Å². The largest absolute Gasteiger partial charge is 0.511 e. The molecule has 0 N–H and O–H groups in total. The van der Waals surface area contributed by atoms with Crippen molar-refractivity contribution in [3.05, 3.63) is 200 Å². The van der Waals surface area contributed by atoms with Gasteiger partial charge in [0.2, 0.25) is 0 Å². The van der Waals surface area contributed by atoms with Crippen molar-refractivity contribution in [1.82, 2.24) is 24.6 Å². The fraction of sp³-hybridized carbons (Fsp3) is 0.182. The number of benzene rings is 6. The number of rotatable bonds is 8. The number of aryl methyl sites for hydroxylation is 1. The molecule has 61 heavy (non-hydrogen) atoms. The predicted octanol–water partition coefficient (Wildman–Crippen LogP) is 12.4. The summed E-state index contributed by atoms with van der Waals surface area (Å²) in [7, 11) is 4.14. The molecule has 9 rings (SSSR count). The van der Waals surface area contributed by atoms with E-state index in [0.717, 1.165) is 53.1 Å². The normalized spacial score (nSPS) is 14.4. The second kappa shape index (κ2) is 19.4. The molecule has 1 fully saturated rings. The van der Waals surface area contributed by atoms with Crippen LogP contribution in [-0.2, 0) is 25.5 Å². The van der Waals surface area contributed by atoms with E-state index in [2.05, 4.69) is 220 Å². The summed E-state index contributed by atoms with van der Waals surface area (Å²) in [5.41, 5.74) is 14.0. The number of aromatic nitrogens is 1. The second-order valence-corrected chi connectivity index (χ2v) is 16.9. The smallest absolute Gasteiger partial charge is 0.0169 e. The van der Waals surface area contributed by atoms with Gasteiger partial charge in [0, 0.05) is 33.0 Å². The quantitative estimate of drug-likeness (QED) is 0.112. The van der Waals surface area contributed by atoms with Crippen LogP contribution in [0.5, 0.6) is 0 Å². The summed E-state index contributed by atoms with van der Waals surface area (Å²) < 4.78 is 0. The van der Waals surface area contributed by atoms with Crippen LogP contribution in [0, 0.1) is 32.4 Å². The van der Waals surface area contributed by atoms with Crippen LogP contribution < -0.4 is 0 Å². The van der Waals surface area contributed by atoms with Gasteiger partial charge < -0.3 is 24.6 Å². The van der Waals surface area contributed by atoms with Gasteiger partial charge in [0.15, 0.2) is 0 Å². The minimum Gasteiger partial charge on any atom is -0.511 e. The Kier molecular flexibility index (Phi) is 13.8. The van der Waals surface area contributed by atoms with Gasteiger partial charge in [-0.3, -0.25) is 0 Å². The molecule has 0 atom stereocenters. The summed E-state index contributed by atoms with van der Waals surface area (Å²) in [6.45, 7) is 16.4. The molecule has 0 saturated carbocycles. The van der Waals surface area contributed by atoms with Gasteiger partial charge in [0.1, 0.15) is 0 Å². The number of pyridine rings is 1. The Labute approximate surface area is 377 Å². The van der Waals surface area contributed by atoms with Crippen LogP contribution in [0.4, 0.5) is 0 Å². The van der Waals surface area contributed by atoms with E-state index in [1.54, 1.807) is 0 Å². The van der Waals surface area contributed by atoms with Crippen molar-refractivity contribution in [3.8, 4) is 44.6 Å². The van der Waals surface area contributed by atoms with Crippen molar-refractivity contribution >= 4 is 22.9 Å². The number of fused-ring (bicyclic) bond motifs is 1. The third-order valence-corrected chi connectivity index (χ3v) is 11.1. The van der Waals surface area contributed by atoms with E-state index in [4.69, 9.17) is 4.98 Å². The van der Waals surface area contributed by atoms with E-state index < -0.39 is 0 Å². The number of likely N-dealkylation sites (N-methyl/N-ethyl adjacent to an activating group) is 1. The molecule has 6 heteroatoms. The van der Waals surface area contributed by atoms with Gasteiger partial charge >= 0.3 is 0 Å². The van der Waals surface area contributed by atoms with Crippen LogP contribution >= 0.6 is 0 Å². The Bertz CT molecular complexity index is 2630. The second-order valence-electron chi connectivity index (χ2n) is 16.9. The van der Waals surface area contributed by atoms with Crippen LogP contribution in [0.2, 0.25) is 0 Å². The Morgan fingerprint density at radius 2 is 1.44 bits per heavy atom. The zero-order valence-corrected chi connectivity index (χ0v) is 38.3. The average Bonchev–Trinajstić information content (AvgIpc) is 3.88. The fourth-order valence-electron chi connectivity index (χ4n) is 7.83. The van der Waals surface area contributed by atoms with Crippen molar-refractivity contribution < 1.29 is 20.1 Å². The molecule has 1 radical (unpaired) electrons. The molecule has 0 unspecified atom stereocenters. The maximum atomic E-state index is 4.79. The molecule has 3 heterocycles. The third kappa shape index (κ3) is 10.6. The first kappa shape index (κ1) is 43.5. The zero-order chi connectivity index (χ0) is 41.6. The summed E-state index contributed by atoms with van der Waals surface area (Å²) in [6.07, 6.45) is 10.4. The summed E-state index contributed by atoms with van der Waals surface area (Å²) in [5.74, 6) is 0. The fourth-order valence-corrected chi connectivity index (χ4v) is 7.83. The molecule has 0 bridgehead atoms. The maximum absolute atomic E-state index is 4.79. The standard InChI is InChI=1S/C46H37N.C9H16N4.Ir/c1-32-12-8-9-15-41(32)38-28-34(19-18-33-13-6-5-7-14-33)29-39(30-38)43-17-11-10-16-42(43)35-20-22-36(23-21-35)45-44-25-24-40(46(2,3)4)31-37(44)26-27-47-45;1-10-3-5-12(7-10)9-13-6-4-11(2)8-13;/h5-6,8-22,24-31H,1-4H3;3,5,7-8H,4,6,9H2,1-2H3;/q2*-2;/b19-18-;;. The number of hydrogen-bond acceptors (Lipinski definition) is 5. The van der Waals surface area contributed by atoms with Crippen molar-refractivity contribution in [2.45, 2.75) is 33.1 Å². The first-order valence-corrected chi connectivity index (χ1v) is 20.7. The molecule has 0 spiro atoms. The molecule has 0 aliphatic carbocycles. The molecule has 0 amide bonds. The van der Waals surface area contributed by atoms with Crippen molar-refractivity contribution in [3.63, 3.8) is 0 Å². The van der Waals surface area contributed by atoms with Crippen LogP contribution in [0.15, 0.2) is 152 Å². The van der Waals surface area contributed by atoms with E-state index in [-0.39, 0.29) is 25.5 Å². The molecule has 1 saturated heterocycles. The molecule has 6 aromatic carbocycles. The predicted molar refractivity (Wildman–Crippen MR) is 252 cm³/mol. The minimum absolute atomic E-state index is 0. The first-order chi connectivity index (χ1) is 29.1. The molecule has 2 aliphatic heterocycles. The molecule has 7 aromatic rings. The number of nitrogens with zero attached hydrogens (tertiary/aromatic N) is 5. The van der Waals surface area contributed by atoms with Gasteiger partial charge in [-0.25, -0.2) is 6.67 Å². The van der Waals surface area contributed by atoms with Crippen molar-refractivity contribution in [2.75, 3.05) is 33.9 Å². The van der Waals surface area contributed by atoms with Crippen molar-refractivity contribution in [1.29, 1.82) is 0 Å². The van der Waals surface area contributed by atoms with Gasteiger partial charge in [-0.15, -0.1) is 41.5 Å². The van der Waals surface area contributed by atoms with Crippen LogP contribution in [-0.4, -0.2) is 58.4 Å². The Morgan fingerprint density at radius 3 is 2.10 bits per heavy atom. The molecular weight excluding hydrogens is 923 g/mol. The maximum Gasteiger partial charge on any atom is 0.0169 e. The Hall–Kier alpha value is -5.62. The monoisotopic (exact) mass is 976 g/mol. The summed E-state index contributed by atoms with van der Waals surface area (Å²) in [6, 6.07) is 54.3. The summed E-state index contributed by atoms with van der Waals surface area (Å²) >= 11 is 0. The van der Waals surface area contributed by atoms with Gasteiger partial charge in [0.05, 0.1) is 0 Å². The average molecular weight is 976 g/mol. The van der Waals surface area contributed by atoms with Crippen LogP contribution in [0.3, 0.4) is 0 Å². The van der Waals surface area contributed by atoms with Gasteiger partial charge in [-0.05, 0) is 132 Å². The van der Waals surface area contributed by atoms with E-state index in [1.807, 2.05) is 31.4 Å². The van der Waals surface area contributed by atoms with E-state index in [0.29, 0.717) is 0 Å². The van der Waals surface area contributed by atoms with E-state index in [1.165, 1.54) is 44.3 Å². The first-order valence-electron chi connectivity index (χ1n) is 20.7. The van der Waals surface area contributed by atoms with Gasteiger partial charge in [-0.1, -0.05) is 105 Å². The molecule has 5 nitrogen and oxygen atoms in total. The third-order valence-electron chi connectivity index (χ3n) is 11.1. The van der Waals surface area contributed by atoms with Crippen LogP contribution in [0.1, 0.15) is 43.0 Å². The van der Waals surface area contributed by atoms with Gasteiger partial charge in [-0.2, -0.15) is 37.0 Å². The minimum atomic E-state index is 0. The Morgan fingerprint density at radius 1 is 0.705 bits per heavy atom. The van der Waals surface area contributed by atoms with Crippen LogP contribution in [0.25, 0.3) is 67.6 Å². The van der Waals surface area contributed by atoms with E-state index >= 15 is 0 Å². The number of hydrogen-bond donors (Lipinski definition) is 0. The Balaban J connectivity index is 0.000000341. The van der Waals surface area contributed by atoms with Crippen molar-refractivity contribution in [2.24, 2.45) is 0 Å². The van der Waals surface area contributed by atoms with E-state index in [9.17, 15) is 0 Å². The zero-order valence-electron chi connectivity index (χ0n) is 35.9. The SMILES string of the molecule is CN1C=CN(CN2[CH-]N(C)CC2)[CH-]1.Cc1ccccc1-c1cc(/C=C\c2c[c-]ccc2)cc(-c2ccccc2-c2c[c-]c(-c3nccc4cc(C(C)(C)C)ccc34)cc2)c1.[Ir]. The molecule has 311 valence electrons. The summed E-state index contributed by atoms with van der Waals surface area (Å²) in [4.78, 5) is 13.5.